The molecule has 0 atom stereocenters. The Hall–Kier alpha value is -1.19. The molecule has 3 nitrogen and oxygen atoms in total. The monoisotopic (exact) mass is 207 g/mol. The number of benzene rings is 1. The summed E-state index contributed by atoms with van der Waals surface area (Å²) < 4.78 is 5.06. The van der Waals surface area contributed by atoms with E-state index in [0.29, 0.717) is 18.7 Å². The van der Waals surface area contributed by atoms with E-state index in [2.05, 4.69) is 0 Å². The van der Waals surface area contributed by atoms with Crippen molar-refractivity contribution in [2.24, 2.45) is 5.73 Å². The first-order valence-electron chi connectivity index (χ1n) is 5.18. The van der Waals surface area contributed by atoms with Gasteiger partial charge in [0.15, 0.2) is 5.78 Å². The third-order valence-corrected chi connectivity index (χ3v) is 2.15. The molecule has 0 bridgehead atoms. The largest absolute Gasteiger partial charge is 0.374 e. The quantitative estimate of drug-likeness (QED) is 0.717. The molecule has 0 saturated heterocycles. The summed E-state index contributed by atoms with van der Waals surface area (Å²) in [6.45, 7) is 3.23. The molecule has 0 aliphatic carbocycles. The van der Waals surface area contributed by atoms with Crippen molar-refractivity contribution in [2.45, 2.75) is 13.3 Å². The molecule has 0 aromatic heterocycles. The molecule has 1 rings (SSSR count). The van der Waals surface area contributed by atoms with Crippen molar-refractivity contribution in [3.63, 3.8) is 0 Å². The van der Waals surface area contributed by atoms with Crippen LogP contribution in [-0.4, -0.2) is 25.5 Å². The van der Waals surface area contributed by atoms with E-state index in [1.165, 1.54) is 0 Å². The molecule has 0 heterocycles. The smallest absolute Gasteiger partial charge is 0.188 e. The molecule has 0 unspecified atom stereocenters. The molecule has 82 valence electrons. The van der Waals surface area contributed by atoms with Gasteiger partial charge in [-0.05, 0) is 25.5 Å². The topological polar surface area (TPSA) is 52.3 Å². The zero-order chi connectivity index (χ0) is 11.1. The van der Waals surface area contributed by atoms with Gasteiger partial charge < -0.3 is 10.5 Å². The average Bonchev–Trinajstić information content (AvgIpc) is 2.27. The van der Waals surface area contributed by atoms with E-state index in [1.807, 2.05) is 31.2 Å². The second-order valence-corrected chi connectivity index (χ2v) is 3.30. The lowest BCUT2D eigenvalue weighted by molar-refractivity contribution is 0.0783. The zero-order valence-corrected chi connectivity index (χ0v) is 9.03. The van der Waals surface area contributed by atoms with Gasteiger partial charge in [0.25, 0.3) is 0 Å². The Morgan fingerprint density at radius 2 is 2.00 bits per heavy atom. The summed E-state index contributed by atoms with van der Waals surface area (Å²) in [4.78, 5) is 11.5. The number of hydrogen-bond acceptors (Lipinski definition) is 3. The van der Waals surface area contributed by atoms with E-state index in [1.54, 1.807) is 0 Å². The maximum atomic E-state index is 11.5. The van der Waals surface area contributed by atoms with Crippen molar-refractivity contribution in [1.82, 2.24) is 0 Å². The van der Waals surface area contributed by atoms with E-state index in [-0.39, 0.29) is 12.4 Å². The zero-order valence-electron chi connectivity index (χ0n) is 9.03. The lowest BCUT2D eigenvalue weighted by Crippen LogP contribution is -2.09. The first-order valence-corrected chi connectivity index (χ1v) is 5.18. The summed E-state index contributed by atoms with van der Waals surface area (Å²) in [5, 5.41) is 0. The molecule has 2 N–H and O–H groups in total. The lowest BCUT2D eigenvalue weighted by atomic mass is 10.1. The number of Topliss-reactive ketones (excluding diaryl/α,β-unsaturated/α-hetero) is 1. The Labute approximate surface area is 90.2 Å². The first-order chi connectivity index (χ1) is 7.27. The molecular formula is C12H17NO2. The van der Waals surface area contributed by atoms with Crippen LogP contribution in [0.4, 0.5) is 0 Å². The van der Waals surface area contributed by atoms with Crippen LogP contribution in [0.3, 0.4) is 0 Å². The fourth-order valence-electron chi connectivity index (χ4n) is 1.30. The Kier molecular flexibility index (Phi) is 5.01. The number of nitrogens with two attached hydrogens (primary N) is 1. The van der Waals surface area contributed by atoms with Gasteiger partial charge in [-0.15, -0.1) is 0 Å². The minimum Gasteiger partial charge on any atom is -0.374 e. The maximum absolute atomic E-state index is 11.5. The Morgan fingerprint density at radius 1 is 1.33 bits per heavy atom. The summed E-state index contributed by atoms with van der Waals surface area (Å²) in [5.74, 6) is 0.0242. The van der Waals surface area contributed by atoms with Crippen molar-refractivity contribution in [3.8, 4) is 0 Å². The van der Waals surface area contributed by atoms with Crippen LogP contribution in [0.15, 0.2) is 24.3 Å². The third-order valence-electron chi connectivity index (χ3n) is 2.15. The van der Waals surface area contributed by atoms with Crippen LogP contribution in [0, 0.1) is 0 Å². The molecule has 0 aliphatic heterocycles. The van der Waals surface area contributed by atoms with E-state index in [0.717, 1.165) is 12.0 Å². The van der Waals surface area contributed by atoms with E-state index < -0.39 is 0 Å². The van der Waals surface area contributed by atoms with Gasteiger partial charge in [0, 0.05) is 12.2 Å². The van der Waals surface area contributed by atoms with Crippen molar-refractivity contribution in [2.75, 3.05) is 19.8 Å². The molecule has 0 saturated carbocycles. The molecule has 0 aliphatic rings. The van der Waals surface area contributed by atoms with Crippen LogP contribution in [0.2, 0.25) is 0 Å². The summed E-state index contributed by atoms with van der Waals surface area (Å²) >= 11 is 0. The summed E-state index contributed by atoms with van der Waals surface area (Å²) in [6.07, 6.45) is 0.847. The second-order valence-electron chi connectivity index (χ2n) is 3.30. The summed E-state index contributed by atoms with van der Waals surface area (Å²) in [6, 6.07) is 7.52. The predicted octanol–water partition coefficient (Wildman–Crippen LogP) is 1.41. The average molecular weight is 207 g/mol. The number of ketones is 1. The van der Waals surface area contributed by atoms with Gasteiger partial charge >= 0.3 is 0 Å². The standard InChI is InChI=1S/C12H17NO2/c1-2-15-9-12(14)11-5-3-10(4-6-11)7-8-13/h3-6H,2,7-9,13H2,1H3. The lowest BCUT2D eigenvalue weighted by Gasteiger charge is -2.03. The molecular weight excluding hydrogens is 190 g/mol. The minimum absolute atomic E-state index is 0.0242. The van der Waals surface area contributed by atoms with Crippen LogP contribution in [-0.2, 0) is 11.2 Å². The Bertz CT molecular complexity index is 306. The van der Waals surface area contributed by atoms with Crippen LogP contribution >= 0.6 is 0 Å². The highest BCUT2D eigenvalue weighted by atomic mass is 16.5. The van der Waals surface area contributed by atoms with Crippen molar-refractivity contribution < 1.29 is 9.53 Å². The van der Waals surface area contributed by atoms with E-state index in [9.17, 15) is 4.79 Å². The highest BCUT2D eigenvalue weighted by molar-refractivity contribution is 5.97. The molecule has 0 fully saturated rings. The fraction of sp³-hybridized carbons (Fsp3) is 0.417. The molecule has 0 radical (unpaired) electrons. The van der Waals surface area contributed by atoms with Gasteiger partial charge in [0.1, 0.15) is 6.61 Å². The molecule has 1 aromatic rings. The van der Waals surface area contributed by atoms with E-state index in [4.69, 9.17) is 10.5 Å². The van der Waals surface area contributed by atoms with Crippen molar-refractivity contribution in [3.05, 3.63) is 35.4 Å². The number of carbonyl (C=O) groups is 1. The second kappa shape index (κ2) is 6.32. The predicted molar refractivity (Wildman–Crippen MR) is 60.0 cm³/mol. The van der Waals surface area contributed by atoms with Gasteiger partial charge in [-0.3, -0.25) is 4.79 Å². The maximum Gasteiger partial charge on any atom is 0.188 e. The van der Waals surface area contributed by atoms with Crippen molar-refractivity contribution >= 4 is 5.78 Å². The summed E-state index contributed by atoms with van der Waals surface area (Å²) in [7, 11) is 0. The van der Waals surface area contributed by atoms with Crippen LogP contribution in [0.5, 0.6) is 0 Å². The van der Waals surface area contributed by atoms with Gasteiger partial charge in [-0.1, -0.05) is 24.3 Å². The minimum atomic E-state index is 0.0242. The summed E-state index contributed by atoms with van der Waals surface area (Å²) in [5.41, 5.74) is 7.29. The molecule has 15 heavy (non-hydrogen) atoms. The van der Waals surface area contributed by atoms with Gasteiger partial charge in [0.2, 0.25) is 0 Å². The van der Waals surface area contributed by atoms with Gasteiger partial charge in [-0.25, -0.2) is 0 Å². The van der Waals surface area contributed by atoms with Crippen LogP contribution in [0.1, 0.15) is 22.8 Å². The Morgan fingerprint density at radius 3 is 2.53 bits per heavy atom. The molecule has 0 amide bonds. The van der Waals surface area contributed by atoms with E-state index >= 15 is 0 Å². The van der Waals surface area contributed by atoms with Gasteiger partial charge in [-0.2, -0.15) is 0 Å². The van der Waals surface area contributed by atoms with Crippen LogP contribution in [0.25, 0.3) is 0 Å². The number of ether oxygens (including phenoxy) is 1. The number of rotatable bonds is 6. The SMILES string of the molecule is CCOCC(=O)c1ccc(CCN)cc1. The van der Waals surface area contributed by atoms with Gasteiger partial charge in [0.05, 0.1) is 0 Å². The molecule has 1 aromatic carbocycles. The highest BCUT2D eigenvalue weighted by Gasteiger charge is 2.04. The number of carbonyl (C=O) groups excluding carboxylic acids is 1. The fourth-order valence-corrected chi connectivity index (χ4v) is 1.30. The third kappa shape index (κ3) is 3.81. The highest BCUT2D eigenvalue weighted by Crippen LogP contribution is 2.05. The normalized spacial score (nSPS) is 10.3. The van der Waals surface area contributed by atoms with Crippen LogP contribution < -0.4 is 5.73 Å². The number of hydrogen-bond donors (Lipinski definition) is 1. The molecule has 3 heteroatoms. The first kappa shape index (κ1) is 11.9. The molecule has 0 spiro atoms. The Balaban J connectivity index is 2.58. The van der Waals surface area contributed by atoms with Crippen molar-refractivity contribution in [1.29, 1.82) is 0 Å².